The van der Waals surface area contributed by atoms with E-state index in [0.717, 1.165) is 26.0 Å². The fraction of sp³-hybridized carbons (Fsp3) is 0.933. The summed E-state index contributed by atoms with van der Waals surface area (Å²) in [6, 6.07) is 1.13. The van der Waals surface area contributed by atoms with Gasteiger partial charge in [0.05, 0.1) is 19.3 Å². The molecule has 4 unspecified atom stereocenters. The summed E-state index contributed by atoms with van der Waals surface area (Å²) in [6.07, 6.45) is 3.77. The second kappa shape index (κ2) is 6.23. The van der Waals surface area contributed by atoms with Gasteiger partial charge in [-0.05, 0) is 47.0 Å². The van der Waals surface area contributed by atoms with Gasteiger partial charge < -0.3 is 9.64 Å². The maximum absolute atomic E-state index is 12.6. The van der Waals surface area contributed by atoms with Crippen LogP contribution in [0.2, 0.25) is 0 Å². The molecule has 2 aliphatic heterocycles. The molecule has 4 atom stereocenters. The topological polar surface area (TPSA) is 32.8 Å². The average Bonchev–Trinajstić information content (AvgIpc) is 2.33. The molecule has 0 bridgehead atoms. The molecule has 2 aliphatic rings. The number of piperidine rings is 1. The van der Waals surface area contributed by atoms with Crippen molar-refractivity contribution in [3.8, 4) is 0 Å². The fourth-order valence-electron chi connectivity index (χ4n) is 3.36. The summed E-state index contributed by atoms with van der Waals surface area (Å²) in [6.45, 7) is 10.7. The smallest absolute Gasteiger partial charge is 0.237 e. The maximum Gasteiger partial charge on any atom is 0.237 e. The third-order valence-corrected chi connectivity index (χ3v) is 4.56. The predicted octanol–water partition coefficient (Wildman–Crippen LogP) is 1.89. The molecule has 2 saturated heterocycles. The first kappa shape index (κ1) is 14.8. The van der Waals surface area contributed by atoms with E-state index in [4.69, 9.17) is 4.74 Å². The Labute approximate surface area is 117 Å². The molecule has 0 N–H and O–H groups in total. The van der Waals surface area contributed by atoms with Gasteiger partial charge in [-0.15, -0.1) is 0 Å². The lowest BCUT2D eigenvalue weighted by Gasteiger charge is -2.42. The van der Waals surface area contributed by atoms with E-state index in [1.807, 2.05) is 0 Å². The summed E-state index contributed by atoms with van der Waals surface area (Å²) in [5.41, 5.74) is 0. The molecular formula is C15H28N2O2. The highest BCUT2D eigenvalue weighted by atomic mass is 16.5. The maximum atomic E-state index is 12.6. The summed E-state index contributed by atoms with van der Waals surface area (Å²) in [4.78, 5) is 17.0. The quantitative estimate of drug-likeness (QED) is 0.766. The van der Waals surface area contributed by atoms with Crippen molar-refractivity contribution in [1.29, 1.82) is 0 Å². The van der Waals surface area contributed by atoms with Crippen LogP contribution in [0.4, 0.5) is 0 Å². The molecule has 110 valence electrons. The number of amides is 1. The molecule has 1 amide bonds. The monoisotopic (exact) mass is 268 g/mol. The molecule has 2 rings (SSSR count). The molecule has 2 heterocycles. The van der Waals surface area contributed by atoms with Crippen LogP contribution in [0.25, 0.3) is 0 Å². The zero-order chi connectivity index (χ0) is 14.0. The second-order valence-electron chi connectivity index (χ2n) is 6.35. The van der Waals surface area contributed by atoms with Crippen LogP contribution in [0.5, 0.6) is 0 Å². The number of morpholine rings is 1. The van der Waals surface area contributed by atoms with E-state index >= 15 is 0 Å². The SMILES string of the molecule is CC1CN(CC(=O)N2C(C)CCCC2C)C(C)CO1. The van der Waals surface area contributed by atoms with Crippen molar-refractivity contribution in [2.75, 3.05) is 19.7 Å². The Morgan fingerprint density at radius 3 is 2.37 bits per heavy atom. The molecule has 0 saturated carbocycles. The lowest BCUT2D eigenvalue weighted by Crippen LogP contribution is -2.55. The van der Waals surface area contributed by atoms with E-state index < -0.39 is 0 Å². The number of carbonyl (C=O) groups excluding carboxylic acids is 1. The Hall–Kier alpha value is -0.610. The summed E-state index contributed by atoms with van der Waals surface area (Å²) < 4.78 is 5.62. The lowest BCUT2D eigenvalue weighted by molar-refractivity contribution is -0.141. The van der Waals surface area contributed by atoms with Crippen LogP contribution < -0.4 is 0 Å². The number of carbonyl (C=O) groups is 1. The zero-order valence-electron chi connectivity index (χ0n) is 12.8. The Balaban J connectivity index is 1.95. The summed E-state index contributed by atoms with van der Waals surface area (Å²) in [5, 5.41) is 0. The molecule has 4 nitrogen and oxygen atoms in total. The predicted molar refractivity (Wildman–Crippen MR) is 76.1 cm³/mol. The zero-order valence-corrected chi connectivity index (χ0v) is 12.8. The van der Waals surface area contributed by atoms with Gasteiger partial charge in [-0.3, -0.25) is 9.69 Å². The molecule has 2 fully saturated rings. The number of likely N-dealkylation sites (tertiary alicyclic amines) is 1. The van der Waals surface area contributed by atoms with Crippen LogP contribution in [0, 0.1) is 0 Å². The molecule has 0 aromatic heterocycles. The summed E-state index contributed by atoms with van der Waals surface area (Å²) in [5.74, 6) is 0.292. The van der Waals surface area contributed by atoms with E-state index in [0.29, 0.717) is 30.6 Å². The number of rotatable bonds is 2. The number of hydrogen-bond donors (Lipinski definition) is 0. The van der Waals surface area contributed by atoms with Crippen LogP contribution in [0.3, 0.4) is 0 Å². The Bertz CT molecular complexity index is 311. The van der Waals surface area contributed by atoms with E-state index in [-0.39, 0.29) is 6.10 Å². The standard InChI is InChI=1S/C15H28N2O2/c1-11-6-5-7-12(2)17(11)15(18)9-16-8-14(4)19-10-13(16)3/h11-14H,5-10H2,1-4H3. The molecule has 19 heavy (non-hydrogen) atoms. The van der Waals surface area contributed by atoms with Crippen molar-refractivity contribution < 1.29 is 9.53 Å². The van der Waals surface area contributed by atoms with E-state index in [1.165, 1.54) is 6.42 Å². The molecule has 0 radical (unpaired) electrons. The van der Waals surface area contributed by atoms with Crippen LogP contribution >= 0.6 is 0 Å². The second-order valence-corrected chi connectivity index (χ2v) is 6.35. The third kappa shape index (κ3) is 3.48. The lowest BCUT2D eigenvalue weighted by atomic mass is 9.97. The van der Waals surface area contributed by atoms with Gasteiger partial charge in [-0.2, -0.15) is 0 Å². The highest BCUT2D eigenvalue weighted by Gasteiger charge is 2.32. The van der Waals surface area contributed by atoms with Crippen molar-refractivity contribution in [2.24, 2.45) is 0 Å². The van der Waals surface area contributed by atoms with Crippen LogP contribution in [-0.4, -0.2) is 59.6 Å². The number of nitrogens with zero attached hydrogens (tertiary/aromatic N) is 2. The van der Waals surface area contributed by atoms with Gasteiger partial charge in [0.2, 0.25) is 5.91 Å². The van der Waals surface area contributed by atoms with Gasteiger partial charge in [0.25, 0.3) is 0 Å². The van der Waals surface area contributed by atoms with Crippen molar-refractivity contribution in [2.45, 2.75) is 71.2 Å². The van der Waals surface area contributed by atoms with Crippen LogP contribution in [-0.2, 0) is 9.53 Å². The highest BCUT2D eigenvalue weighted by Crippen LogP contribution is 2.23. The molecule has 0 aliphatic carbocycles. The largest absolute Gasteiger partial charge is 0.376 e. The van der Waals surface area contributed by atoms with Gasteiger partial charge in [0, 0.05) is 24.7 Å². The van der Waals surface area contributed by atoms with E-state index in [1.54, 1.807) is 0 Å². The first-order valence-electron chi connectivity index (χ1n) is 7.66. The van der Waals surface area contributed by atoms with E-state index in [9.17, 15) is 4.79 Å². The Morgan fingerprint density at radius 1 is 1.11 bits per heavy atom. The summed E-state index contributed by atoms with van der Waals surface area (Å²) in [7, 11) is 0. The molecule has 0 spiro atoms. The molecular weight excluding hydrogens is 240 g/mol. The van der Waals surface area contributed by atoms with Gasteiger partial charge in [0.1, 0.15) is 0 Å². The van der Waals surface area contributed by atoms with Crippen molar-refractivity contribution in [1.82, 2.24) is 9.80 Å². The van der Waals surface area contributed by atoms with Gasteiger partial charge >= 0.3 is 0 Å². The minimum absolute atomic E-state index is 0.236. The Morgan fingerprint density at radius 2 is 1.74 bits per heavy atom. The fourth-order valence-corrected chi connectivity index (χ4v) is 3.36. The number of ether oxygens (including phenoxy) is 1. The first-order chi connectivity index (χ1) is 8.99. The highest BCUT2D eigenvalue weighted by molar-refractivity contribution is 5.79. The minimum Gasteiger partial charge on any atom is -0.376 e. The van der Waals surface area contributed by atoms with Gasteiger partial charge in [-0.25, -0.2) is 0 Å². The first-order valence-corrected chi connectivity index (χ1v) is 7.66. The minimum atomic E-state index is 0.236. The van der Waals surface area contributed by atoms with Gasteiger partial charge in [0.15, 0.2) is 0 Å². The van der Waals surface area contributed by atoms with Crippen molar-refractivity contribution >= 4 is 5.91 Å². The van der Waals surface area contributed by atoms with Crippen LogP contribution in [0.1, 0.15) is 47.0 Å². The molecule has 4 heteroatoms. The normalized spacial score (nSPS) is 37.4. The van der Waals surface area contributed by atoms with Crippen LogP contribution in [0.15, 0.2) is 0 Å². The average molecular weight is 268 g/mol. The summed E-state index contributed by atoms with van der Waals surface area (Å²) >= 11 is 0. The number of hydrogen-bond acceptors (Lipinski definition) is 3. The molecule has 0 aromatic carbocycles. The van der Waals surface area contributed by atoms with Crippen molar-refractivity contribution in [3.05, 3.63) is 0 Å². The molecule has 0 aromatic rings. The third-order valence-electron chi connectivity index (χ3n) is 4.56. The Kier molecular flexibility index (Phi) is 4.85. The van der Waals surface area contributed by atoms with E-state index in [2.05, 4.69) is 37.5 Å². The van der Waals surface area contributed by atoms with Crippen molar-refractivity contribution in [3.63, 3.8) is 0 Å². The van der Waals surface area contributed by atoms with Gasteiger partial charge in [-0.1, -0.05) is 0 Å².